The van der Waals surface area contributed by atoms with Crippen molar-refractivity contribution in [2.75, 3.05) is 0 Å². The molecule has 0 saturated heterocycles. The van der Waals surface area contributed by atoms with Crippen molar-refractivity contribution in [2.45, 2.75) is 39.9 Å². The van der Waals surface area contributed by atoms with Crippen LogP contribution in [0.25, 0.3) is 22.6 Å². The highest BCUT2D eigenvalue weighted by molar-refractivity contribution is 5.67. The molecular formula is C25H28N4O. The Labute approximate surface area is 178 Å². The van der Waals surface area contributed by atoms with E-state index in [1.54, 1.807) is 0 Å². The Morgan fingerprint density at radius 1 is 0.933 bits per heavy atom. The SMILES string of the molecule is Cc1oc(-c2ccc(-c3ccccc3)cc2)nc1CN(Cc1cnn(C)c1)C(C)C. The third-order valence-electron chi connectivity index (χ3n) is 5.36. The number of hydrogen-bond acceptors (Lipinski definition) is 4. The Balaban J connectivity index is 1.52. The van der Waals surface area contributed by atoms with Gasteiger partial charge >= 0.3 is 0 Å². The second-order valence-electron chi connectivity index (χ2n) is 7.99. The molecule has 0 unspecified atom stereocenters. The van der Waals surface area contributed by atoms with Gasteiger partial charge in [0, 0.05) is 43.5 Å². The first kappa shape index (κ1) is 20.1. The molecule has 0 saturated carbocycles. The fraction of sp³-hybridized carbons (Fsp3) is 0.280. The highest BCUT2D eigenvalue weighted by atomic mass is 16.4. The summed E-state index contributed by atoms with van der Waals surface area (Å²) in [6.07, 6.45) is 3.98. The summed E-state index contributed by atoms with van der Waals surface area (Å²) in [5.74, 6) is 1.54. The van der Waals surface area contributed by atoms with Gasteiger partial charge in [0.15, 0.2) is 0 Å². The maximum absolute atomic E-state index is 6.03. The van der Waals surface area contributed by atoms with Crippen LogP contribution in [0.2, 0.25) is 0 Å². The van der Waals surface area contributed by atoms with E-state index in [0.717, 1.165) is 30.1 Å². The third-order valence-corrected chi connectivity index (χ3v) is 5.36. The number of hydrogen-bond donors (Lipinski definition) is 0. The van der Waals surface area contributed by atoms with Crippen LogP contribution in [-0.2, 0) is 20.1 Å². The number of benzene rings is 2. The minimum Gasteiger partial charge on any atom is -0.441 e. The molecule has 0 aliphatic rings. The van der Waals surface area contributed by atoms with E-state index in [2.05, 4.69) is 78.6 Å². The van der Waals surface area contributed by atoms with Gasteiger partial charge in [-0.1, -0.05) is 42.5 Å². The van der Waals surface area contributed by atoms with Gasteiger partial charge < -0.3 is 4.42 Å². The molecule has 0 fully saturated rings. The lowest BCUT2D eigenvalue weighted by Crippen LogP contribution is -2.30. The minimum absolute atomic E-state index is 0.384. The van der Waals surface area contributed by atoms with Crippen LogP contribution < -0.4 is 0 Å². The summed E-state index contributed by atoms with van der Waals surface area (Å²) in [5.41, 5.74) is 5.56. The molecular weight excluding hydrogens is 372 g/mol. The van der Waals surface area contributed by atoms with Gasteiger partial charge in [0.1, 0.15) is 5.76 Å². The van der Waals surface area contributed by atoms with Crippen LogP contribution in [0, 0.1) is 6.92 Å². The number of aromatic nitrogens is 3. The summed E-state index contributed by atoms with van der Waals surface area (Å²) < 4.78 is 7.87. The molecule has 4 aromatic rings. The van der Waals surface area contributed by atoms with E-state index in [1.165, 1.54) is 16.7 Å². The van der Waals surface area contributed by atoms with Gasteiger partial charge in [-0.15, -0.1) is 0 Å². The van der Waals surface area contributed by atoms with Crippen molar-refractivity contribution in [1.29, 1.82) is 0 Å². The van der Waals surface area contributed by atoms with Crippen LogP contribution in [0.5, 0.6) is 0 Å². The Bertz CT molecular complexity index is 1090. The van der Waals surface area contributed by atoms with Crippen molar-refractivity contribution in [3.8, 4) is 22.6 Å². The van der Waals surface area contributed by atoms with Crippen molar-refractivity contribution < 1.29 is 4.42 Å². The summed E-state index contributed by atoms with van der Waals surface area (Å²) in [7, 11) is 1.94. The van der Waals surface area contributed by atoms with Crippen molar-refractivity contribution in [1.82, 2.24) is 19.7 Å². The summed E-state index contributed by atoms with van der Waals surface area (Å²) in [5, 5.41) is 4.28. The van der Waals surface area contributed by atoms with Crippen LogP contribution in [-0.4, -0.2) is 25.7 Å². The second kappa shape index (κ2) is 8.67. The van der Waals surface area contributed by atoms with Gasteiger partial charge in [0.2, 0.25) is 5.89 Å². The molecule has 0 aliphatic heterocycles. The smallest absolute Gasteiger partial charge is 0.226 e. The molecule has 5 heteroatoms. The lowest BCUT2D eigenvalue weighted by Gasteiger charge is -2.25. The van der Waals surface area contributed by atoms with Crippen LogP contribution in [0.3, 0.4) is 0 Å². The molecule has 0 N–H and O–H groups in total. The van der Waals surface area contributed by atoms with Gasteiger partial charge in [-0.05, 0) is 44.0 Å². The Morgan fingerprint density at radius 3 is 2.23 bits per heavy atom. The average Bonchev–Trinajstić information content (AvgIpc) is 3.33. The van der Waals surface area contributed by atoms with Gasteiger partial charge in [0.05, 0.1) is 11.9 Å². The second-order valence-corrected chi connectivity index (χ2v) is 7.99. The maximum Gasteiger partial charge on any atom is 0.226 e. The van der Waals surface area contributed by atoms with E-state index < -0.39 is 0 Å². The van der Waals surface area contributed by atoms with Crippen LogP contribution in [0.4, 0.5) is 0 Å². The van der Waals surface area contributed by atoms with E-state index in [0.29, 0.717) is 11.9 Å². The summed E-state index contributed by atoms with van der Waals surface area (Å²) in [6, 6.07) is 19.1. The molecule has 0 amide bonds. The van der Waals surface area contributed by atoms with Gasteiger partial charge in [0.25, 0.3) is 0 Å². The Hall–Kier alpha value is -3.18. The van der Waals surface area contributed by atoms with E-state index in [1.807, 2.05) is 30.9 Å². The van der Waals surface area contributed by atoms with Crippen molar-refractivity contribution >= 4 is 0 Å². The molecule has 154 valence electrons. The molecule has 0 aliphatic carbocycles. The Morgan fingerprint density at radius 2 is 1.60 bits per heavy atom. The van der Waals surface area contributed by atoms with Crippen LogP contribution in [0.15, 0.2) is 71.4 Å². The summed E-state index contributed by atoms with van der Waals surface area (Å²) >= 11 is 0. The Kier molecular flexibility index (Phi) is 5.81. The molecule has 5 nitrogen and oxygen atoms in total. The molecule has 0 radical (unpaired) electrons. The van der Waals surface area contributed by atoms with E-state index in [4.69, 9.17) is 9.40 Å². The molecule has 2 aromatic carbocycles. The van der Waals surface area contributed by atoms with Crippen molar-refractivity contribution in [3.63, 3.8) is 0 Å². The zero-order valence-electron chi connectivity index (χ0n) is 18.0. The fourth-order valence-corrected chi connectivity index (χ4v) is 3.54. The fourth-order valence-electron chi connectivity index (χ4n) is 3.54. The molecule has 2 aromatic heterocycles. The van der Waals surface area contributed by atoms with E-state index in [9.17, 15) is 0 Å². The molecule has 0 atom stereocenters. The highest BCUT2D eigenvalue weighted by Crippen LogP contribution is 2.26. The van der Waals surface area contributed by atoms with Crippen molar-refractivity contribution in [2.24, 2.45) is 7.05 Å². The zero-order valence-corrected chi connectivity index (χ0v) is 18.0. The number of oxazole rings is 1. The van der Waals surface area contributed by atoms with Gasteiger partial charge in [-0.2, -0.15) is 5.10 Å². The predicted molar refractivity (Wildman–Crippen MR) is 120 cm³/mol. The first-order valence-corrected chi connectivity index (χ1v) is 10.3. The quantitative estimate of drug-likeness (QED) is 0.413. The lowest BCUT2D eigenvalue weighted by atomic mass is 10.0. The van der Waals surface area contributed by atoms with E-state index in [-0.39, 0.29) is 0 Å². The maximum atomic E-state index is 6.03. The first-order chi connectivity index (χ1) is 14.5. The third kappa shape index (κ3) is 4.52. The number of rotatable bonds is 7. The topological polar surface area (TPSA) is 47.1 Å². The highest BCUT2D eigenvalue weighted by Gasteiger charge is 2.18. The zero-order chi connectivity index (χ0) is 21.1. The largest absolute Gasteiger partial charge is 0.441 e. The number of aryl methyl sites for hydroxylation is 2. The number of nitrogens with zero attached hydrogens (tertiary/aromatic N) is 4. The van der Waals surface area contributed by atoms with E-state index >= 15 is 0 Å². The van der Waals surface area contributed by atoms with Crippen molar-refractivity contribution in [3.05, 3.63) is 84.0 Å². The average molecular weight is 401 g/mol. The summed E-state index contributed by atoms with van der Waals surface area (Å²) in [6.45, 7) is 7.97. The molecule has 2 heterocycles. The van der Waals surface area contributed by atoms with Crippen LogP contribution in [0.1, 0.15) is 30.9 Å². The molecule has 4 rings (SSSR count). The standard InChI is InChI=1S/C25H28N4O/c1-18(2)29(16-20-14-26-28(4)15-20)17-24-19(3)30-25(27-24)23-12-10-22(11-13-23)21-8-6-5-7-9-21/h5-15,18H,16-17H2,1-4H3. The van der Waals surface area contributed by atoms with Gasteiger partial charge in [-0.25, -0.2) is 4.98 Å². The molecule has 0 spiro atoms. The summed E-state index contributed by atoms with van der Waals surface area (Å²) in [4.78, 5) is 7.20. The lowest BCUT2D eigenvalue weighted by molar-refractivity contribution is 0.200. The molecule has 30 heavy (non-hydrogen) atoms. The van der Waals surface area contributed by atoms with Crippen LogP contribution >= 0.6 is 0 Å². The first-order valence-electron chi connectivity index (χ1n) is 10.3. The molecule has 0 bridgehead atoms. The monoisotopic (exact) mass is 400 g/mol. The minimum atomic E-state index is 0.384. The predicted octanol–water partition coefficient (Wildman–Crippen LogP) is 5.46. The van der Waals surface area contributed by atoms with Gasteiger partial charge in [-0.3, -0.25) is 9.58 Å². The normalized spacial score (nSPS) is 11.5.